The van der Waals surface area contributed by atoms with Crippen molar-refractivity contribution in [2.24, 2.45) is 0 Å². The maximum absolute atomic E-state index is 13.9. The average molecular weight is 546 g/mol. The van der Waals surface area contributed by atoms with Gasteiger partial charge < -0.3 is 19.8 Å². The van der Waals surface area contributed by atoms with Gasteiger partial charge in [0.15, 0.2) is 0 Å². The van der Waals surface area contributed by atoms with Crippen LogP contribution in [0.2, 0.25) is 0 Å². The van der Waals surface area contributed by atoms with Crippen molar-refractivity contribution in [2.75, 3.05) is 32.7 Å². The number of piperidine rings is 1. The third-order valence-corrected chi connectivity index (χ3v) is 8.68. The molecule has 1 aliphatic carbocycles. The van der Waals surface area contributed by atoms with Crippen LogP contribution in [0.4, 0.5) is 18.0 Å². The molecule has 1 saturated carbocycles. The van der Waals surface area contributed by atoms with Gasteiger partial charge in [0.2, 0.25) is 0 Å². The number of aromatic nitrogens is 2. The molecule has 4 fully saturated rings. The van der Waals surface area contributed by atoms with Gasteiger partial charge >= 0.3 is 12.2 Å². The van der Waals surface area contributed by atoms with Crippen LogP contribution in [0, 0.1) is 0 Å². The molecule has 1 aromatic heterocycles. The van der Waals surface area contributed by atoms with Crippen LogP contribution < -0.4 is 0 Å². The van der Waals surface area contributed by atoms with Crippen molar-refractivity contribution in [3.8, 4) is 0 Å². The number of nitrogens with zero attached hydrogens (tertiary/aromatic N) is 5. The second kappa shape index (κ2) is 10.1. The van der Waals surface area contributed by atoms with Crippen LogP contribution in [0.1, 0.15) is 90.1 Å². The molecule has 1 aromatic carbocycles. The molecule has 1 N–H and O–H groups in total. The predicted octanol–water partition coefficient (Wildman–Crippen LogP) is 4.58. The van der Waals surface area contributed by atoms with Gasteiger partial charge in [-0.1, -0.05) is 18.2 Å². The number of β-amino-alcohol motifs (C(OH)–C–C–N with tert-alkyl or cyclic N) is 1. The molecule has 3 aliphatic heterocycles. The van der Waals surface area contributed by atoms with E-state index >= 15 is 0 Å². The highest BCUT2D eigenvalue weighted by atomic mass is 19.4. The Morgan fingerprint density at radius 1 is 0.923 bits per heavy atom. The normalized spacial score (nSPS) is 24.6. The van der Waals surface area contributed by atoms with Crippen LogP contribution >= 0.6 is 0 Å². The van der Waals surface area contributed by atoms with Crippen molar-refractivity contribution in [2.45, 2.75) is 75.2 Å². The summed E-state index contributed by atoms with van der Waals surface area (Å²) in [6.45, 7) is 2.51. The summed E-state index contributed by atoms with van der Waals surface area (Å²) in [5.74, 6) is -0.0245. The number of benzene rings is 1. The van der Waals surface area contributed by atoms with Gasteiger partial charge in [0.25, 0.3) is 5.91 Å². The highest BCUT2D eigenvalue weighted by Gasteiger charge is 2.42. The molecule has 3 saturated heterocycles. The summed E-state index contributed by atoms with van der Waals surface area (Å²) in [5.41, 5.74) is 0.858. The predicted molar refractivity (Wildman–Crippen MR) is 136 cm³/mol. The molecule has 11 heteroatoms. The van der Waals surface area contributed by atoms with Crippen molar-refractivity contribution >= 4 is 11.9 Å². The Morgan fingerprint density at radius 2 is 1.64 bits per heavy atom. The molecule has 4 heterocycles. The van der Waals surface area contributed by atoms with Crippen LogP contribution in [-0.2, 0) is 6.18 Å². The Morgan fingerprint density at radius 3 is 2.31 bits per heavy atom. The number of urea groups is 1. The standard InChI is InChI=1S/C28H34F3N5O3/c29-28(30,31)23-5-2-1-4-21(23)24-6-3-12-35(24)26(38)22-16-32-36(25(22)18-7-8-18)19-9-13-33(14-10-19)27(39)34-15-11-20(37)17-34/h1-2,4-5,16,18-20,24,37H,3,6-15,17H2. The number of aliphatic hydroxyl groups excluding tert-OH is 1. The number of halogens is 3. The number of aliphatic hydroxyl groups is 1. The monoisotopic (exact) mass is 545 g/mol. The molecule has 3 amide bonds. The van der Waals surface area contributed by atoms with Gasteiger partial charge in [0.05, 0.1) is 41.2 Å². The number of carbonyl (C=O) groups is 2. The minimum atomic E-state index is -4.48. The van der Waals surface area contributed by atoms with E-state index in [-0.39, 0.29) is 29.5 Å². The van der Waals surface area contributed by atoms with Crippen molar-refractivity contribution in [3.05, 3.63) is 52.8 Å². The van der Waals surface area contributed by atoms with Crippen molar-refractivity contribution in [3.63, 3.8) is 0 Å². The number of amides is 3. The lowest BCUT2D eigenvalue weighted by Gasteiger charge is -2.35. The number of carbonyl (C=O) groups excluding carboxylic acids is 2. The van der Waals surface area contributed by atoms with Gasteiger partial charge in [-0.2, -0.15) is 18.3 Å². The van der Waals surface area contributed by atoms with Gasteiger partial charge in [-0.25, -0.2) is 4.79 Å². The van der Waals surface area contributed by atoms with E-state index < -0.39 is 23.9 Å². The molecule has 210 valence electrons. The maximum Gasteiger partial charge on any atom is 0.416 e. The highest BCUT2D eigenvalue weighted by molar-refractivity contribution is 5.96. The summed E-state index contributed by atoms with van der Waals surface area (Å²) >= 11 is 0. The summed E-state index contributed by atoms with van der Waals surface area (Å²) < 4.78 is 43.3. The lowest BCUT2D eigenvalue weighted by atomic mass is 9.97. The van der Waals surface area contributed by atoms with Crippen LogP contribution in [0.3, 0.4) is 0 Å². The zero-order valence-corrected chi connectivity index (χ0v) is 21.8. The summed E-state index contributed by atoms with van der Waals surface area (Å²) in [5, 5.41) is 14.4. The van der Waals surface area contributed by atoms with Gasteiger partial charge in [0, 0.05) is 38.6 Å². The minimum absolute atomic E-state index is 0.0389. The molecule has 8 nitrogen and oxygen atoms in total. The third-order valence-electron chi connectivity index (χ3n) is 8.68. The number of hydrogen-bond donors (Lipinski definition) is 1. The molecule has 6 rings (SSSR count). The summed E-state index contributed by atoms with van der Waals surface area (Å²) in [6, 6.07) is 4.95. The fraction of sp³-hybridized carbons (Fsp3) is 0.607. The minimum Gasteiger partial charge on any atom is -0.391 e. The zero-order valence-electron chi connectivity index (χ0n) is 21.8. The Hall–Kier alpha value is -3.08. The quantitative estimate of drug-likeness (QED) is 0.610. The van der Waals surface area contributed by atoms with E-state index in [2.05, 4.69) is 5.10 Å². The van der Waals surface area contributed by atoms with Gasteiger partial charge in [-0.15, -0.1) is 0 Å². The van der Waals surface area contributed by atoms with Gasteiger partial charge in [-0.05, 0) is 56.6 Å². The molecule has 2 aromatic rings. The van der Waals surface area contributed by atoms with E-state index in [1.807, 2.05) is 9.58 Å². The zero-order chi connectivity index (χ0) is 27.3. The molecule has 4 aliphatic rings. The van der Waals surface area contributed by atoms with E-state index in [1.54, 1.807) is 22.1 Å². The molecule has 0 spiro atoms. The lowest BCUT2D eigenvalue weighted by Crippen LogP contribution is -2.46. The molecule has 0 radical (unpaired) electrons. The Labute approximate surface area is 225 Å². The van der Waals surface area contributed by atoms with Gasteiger partial charge in [-0.3, -0.25) is 9.48 Å². The topological polar surface area (TPSA) is 81.9 Å². The smallest absolute Gasteiger partial charge is 0.391 e. The maximum atomic E-state index is 13.9. The second-order valence-electron chi connectivity index (χ2n) is 11.3. The fourth-order valence-electron chi connectivity index (χ4n) is 6.54. The van der Waals surface area contributed by atoms with Gasteiger partial charge in [0.1, 0.15) is 0 Å². The summed E-state index contributed by atoms with van der Waals surface area (Å²) in [7, 11) is 0. The number of hydrogen-bond acceptors (Lipinski definition) is 4. The van der Waals surface area contributed by atoms with E-state index in [4.69, 9.17) is 0 Å². The van der Waals surface area contributed by atoms with E-state index in [1.165, 1.54) is 12.1 Å². The van der Waals surface area contributed by atoms with E-state index in [0.717, 1.165) is 24.6 Å². The number of alkyl halides is 3. The average Bonchev–Trinajstić information content (AvgIpc) is 3.30. The molecule has 2 unspecified atom stereocenters. The highest BCUT2D eigenvalue weighted by Crippen LogP contribution is 2.45. The lowest BCUT2D eigenvalue weighted by molar-refractivity contribution is -0.138. The number of rotatable bonds is 4. The Balaban J connectivity index is 1.20. The first-order chi connectivity index (χ1) is 18.7. The molecular formula is C28H34F3N5O3. The first-order valence-electron chi connectivity index (χ1n) is 14.0. The summed E-state index contributed by atoms with van der Waals surface area (Å²) in [4.78, 5) is 31.8. The largest absolute Gasteiger partial charge is 0.416 e. The van der Waals surface area contributed by atoms with Crippen molar-refractivity contribution in [1.82, 2.24) is 24.5 Å². The van der Waals surface area contributed by atoms with Crippen LogP contribution in [0.25, 0.3) is 0 Å². The second-order valence-corrected chi connectivity index (χ2v) is 11.3. The summed E-state index contributed by atoms with van der Waals surface area (Å²) in [6.07, 6.45) is 1.75. The number of likely N-dealkylation sites (tertiary alicyclic amines) is 3. The van der Waals surface area contributed by atoms with Crippen LogP contribution in [-0.4, -0.2) is 80.4 Å². The molecule has 0 bridgehead atoms. The first kappa shape index (κ1) is 26.2. The van der Waals surface area contributed by atoms with Crippen LogP contribution in [0.15, 0.2) is 30.5 Å². The van der Waals surface area contributed by atoms with E-state index in [9.17, 15) is 27.9 Å². The Bertz CT molecular complexity index is 1240. The van der Waals surface area contributed by atoms with Crippen molar-refractivity contribution < 1.29 is 27.9 Å². The van der Waals surface area contributed by atoms with Crippen LogP contribution in [0.5, 0.6) is 0 Å². The third kappa shape index (κ3) is 5.01. The fourth-order valence-corrected chi connectivity index (χ4v) is 6.54. The van der Waals surface area contributed by atoms with E-state index in [0.29, 0.717) is 70.4 Å². The first-order valence-corrected chi connectivity index (χ1v) is 14.0. The Kier molecular flexibility index (Phi) is 6.81. The van der Waals surface area contributed by atoms with Crippen molar-refractivity contribution in [1.29, 1.82) is 0 Å². The SMILES string of the molecule is O=C(N1CCC(n2ncc(C(=O)N3CCCC3c3ccccc3C(F)(F)F)c2C2CC2)CC1)N1CCC(O)C1. The molecule has 39 heavy (non-hydrogen) atoms. The molecular weight excluding hydrogens is 511 g/mol. The molecule has 2 atom stereocenters.